The fourth-order valence-corrected chi connectivity index (χ4v) is 1.21. The van der Waals surface area contributed by atoms with Gasteiger partial charge < -0.3 is 16.2 Å². The fourth-order valence-electron chi connectivity index (χ4n) is 1.21. The number of hydrogen-bond acceptors (Lipinski definition) is 4. The number of rotatable bonds is 3. The monoisotopic (exact) mass is 212 g/mol. The highest BCUT2D eigenvalue weighted by atomic mass is 19.1. The Morgan fingerprint density at radius 3 is 2.73 bits per heavy atom. The molecule has 0 aliphatic rings. The highest BCUT2D eigenvalue weighted by Gasteiger charge is 2.10. The van der Waals surface area contributed by atoms with E-state index in [4.69, 9.17) is 16.2 Å². The number of nitrogens with two attached hydrogens (primary N) is 2. The summed E-state index contributed by atoms with van der Waals surface area (Å²) >= 11 is 0. The first kappa shape index (κ1) is 11.3. The average molecular weight is 212 g/mol. The van der Waals surface area contributed by atoms with Crippen molar-refractivity contribution in [1.29, 1.82) is 0 Å². The number of halogens is 1. The minimum Gasteiger partial charge on any atom is -0.466 e. The molecule has 0 saturated heterocycles. The average Bonchev–Trinajstić information content (AvgIpc) is 2.13. The summed E-state index contributed by atoms with van der Waals surface area (Å²) in [5.74, 6) is -0.963. The van der Waals surface area contributed by atoms with E-state index in [1.165, 1.54) is 6.07 Å². The molecule has 0 radical (unpaired) electrons. The van der Waals surface area contributed by atoms with Gasteiger partial charge >= 0.3 is 5.97 Å². The second kappa shape index (κ2) is 4.63. The van der Waals surface area contributed by atoms with Crippen LogP contribution in [0.25, 0.3) is 0 Å². The van der Waals surface area contributed by atoms with Crippen LogP contribution in [-0.4, -0.2) is 12.6 Å². The summed E-state index contributed by atoms with van der Waals surface area (Å²) in [6.45, 7) is 1.98. The summed E-state index contributed by atoms with van der Waals surface area (Å²) in [6.07, 6.45) is -0.0678. The van der Waals surface area contributed by atoms with Gasteiger partial charge in [-0.3, -0.25) is 4.79 Å². The molecule has 0 aliphatic heterocycles. The van der Waals surface area contributed by atoms with Gasteiger partial charge in [-0.25, -0.2) is 4.39 Å². The Bertz CT molecular complexity index is 380. The Hall–Kier alpha value is -1.78. The van der Waals surface area contributed by atoms with E-state index in [1.54, 1.807) is 6.92 Å². The molecular weight excluding hydrogens is 199 g/mol. The zero-order valence-electron chi connectivity index (χ0n) is 8.42. The molecule has 0 atom stereocenters. The molecule has 0 aliphatic carbocycles. The molecule has 0 heterocycles. The molecule has 4 nitrogen and oxygen atoms in total. The van der Waals surface area contributed by atoms with Crippen LogP contribution in [0.5, 0.6) is 0 Å². The maximum Gasteiger partial charge on any atom is 0.310 e. The molecule has 4 N–H and O–H groups in total. The number of nitrogen functional groups attached to an aromatic ring is 2. The van der Waals surface area contributed by atoms with Crippen molar-refractivity contribution in [3.63, 3.8) is 0 Å². The van der Waals surface area contributed by atoms with Crippen molar-refractivity contribution in [3.8, 4) is 0 Å². The minimum absolute atomic E-state index is 0.0678. The van der Waals surface area contributed by atoms with E-state index in [0.717, 1.165) is 6.07 Å². The summed E-state index contributed by atoms with van der Waals surface area (Å²) in [7, 11) is 0. The van der Waals surface area contributed by atoms with Gasteiger partial charge in [0.2, 0.25) is 0 Å². The van der Waals surface area contributed by atoms with Crippen molar-refractivity contribution >= 4 is 17.3 Å². The highest BCUT2D eigenvalue weighted by molar-refractivity contribution is 5.78. The van der Waals surface area contributed by atoms with E-state index >= 15 is 0 Å². The molecule has 0 fully saturated rings. The van der Waals surface area contributed by atoms with Gasteiger partial charge in [0, 0.05) is 0 Å². The van der Waals surface area contributed by atoms with Gasteiger partial charge in [-0.1, -0.05) is 0 Å². The quantitative estimate of drug-likeness (QED) is 0.580. The Morgan fingerprint density at radius 1 is 1.47 bits per heavy atom. The van der Waals surface area contributed by atoms with Gasteiger partial charge in [-0.15, -0.1) is 0 Å². The van der Waals surface area contributed by atoms with Crippen LogP contribution >= 0.6 is 0 Å². The van der Waals surface area contributed by atoms with Gasteiger partial charge in [0.05, 0.1) is 24.4 Å². The van der Waals surface area contributed by atoms with Crippen LogP contribution in [0, 0.1) is 5.82 Å². The van der Waals surface area contributed by atoms with Crippen LogP contribution in [0.4, 0.5) is 15.8 Å². The Kier molecular flexibility index (Phi) is 3.49. The van der Waals surface area contributed by atoms with Crippen molar-refractivity contribution in [3.05, 3.63) is 23.5 Å². The molecule has 0 aromatic heterocycles. The lowest BCUT2D eigenvalue weighted by Gasteiger charge is -2.08. The molecule has 5 heteroatoms. The maximum atomic E-state index is 13.0. The lowest BCUT2D eigenvalue weighted by molar-refractivity contribution is -0.142. The lowest BCUT2D eigenvalue weighted by Crippen LogP contribution is -2.10. The zero-order valence-corrected chi connectivity index (χ0v) is 8.42. The van der Waals surface area contributed by atoms with E-state index < -0.39 is 11.8 Å². The first-order chi connectivity index (χ1) is 7.04. The third-order valence-corrected chi connectivity index (χ3v) is 1.90. The predicted octanol–water partition coefficient (Wildman–Crippen LogP) is 1.10. The van der Waals surface area contributed by atoms with E-state index in [1.807, 2.05) is 0 Å². The fraction of sp³-hybridized carbons (Fsp3) is 0.300. The number of carbonyl (C=O) groups excluding carboxylic acids is 1. The zero-order chi connectivity index (χ0) is 11.4. The first-order valence-corrected chi connectivity index (χ1v) is 4.53. The van der Waals surface area contributed by atoms with Gasteiger partial charge in [0.15, 0.2) is 0 Å². The van der Waals surface area contributed by atoms with Crippen LogP contribution in [0.1, 0.15) is 12.5 Å². The minimum atomic E-state index is -0.513. The third kappa shape index (κ3) is 2.83. The van der Waals surface area contributed by atoms with Crippen molar-refractivity contribution in [2.75, 3.05) is 18.1 Å². The van der Waals surface area contributed by atoms with Crippen LogP contribution < -0.4 is 11.5 Å². The van der Waals surface area contributed by atoms with E-state index in [2.05, 4.69) is 0 Å². The molecule has 0 bridgehead atoms. The molecule has 0 amide bonds. The summed E-state index contributed by atoms with van der Waals surface area (Å²) in [5.41, 5.74) is 11.8. The van der Waals surface area contributed by atoms with Crippen molar-refractivity contribution in [2.24, 2.45) is 0 Å². The molecule has 1 aromatic rings. The normalized spacial score (nSPS) is 10.0. The standard InChI is InChI=1S/C10H13FN2O2/c1-2-15-9(14)4-6-3-7(11)5-8(12)10(6)13/h3,5H,2,4,12-13H2,1H3. The van der Waals surface area contributed by atoms with Gasteiger partial charge in [0.1, 0.15) is 5.82 Å². The van der Waals surface area contributed by atoms with Crippen LogP contribution in [-0.2, 0) is 16.0 Å². The molecule has 0 unspecified atom stereocenters. The van der Waals surface area contributed by atoms with Gasteiger partial charge in [0.25, 0.3) is 0 Å². The summed E-state index contributed by atoms with van der Waals surface area (Å²) in [6, 6.07) is 2.30. The molecular formula is C10H13FN2O2. The Balaban J connectivity index is 2.89. The molecule has 82 valence electrons. The molecule has 15 heavy (non-hydrogen) atoms. The van der Waals surface area contributed by atoms with Crippen LogP contribution in [0.15, 0.2) is 12.1 Å². The molecule has 0 spiro atoms. The van der Waals surface area contributed by atoms with E-state index in [9.17, 15) is 9.18 Å². The number of anilines is 2. The Labute approximate surface area is 87.0 Å². The van der Waals surface area contributed by atoms with E-state index in [-0.39, 0.29) is 24.4 Å². The Morgan fingerprint density at radius 2 is 2.13 bits per heavy atom. The van der Waals surface area contributed by atoms with Crippen molar-refractivity contribution in [1.82, 2.24) is 0 Å². The second-order valence-corrected chi connectivity index (χ2v) is 3.05. The number of benzene rings is 1. The lowest BCUT2D eigenvalue weighted by atomic mass is 10.1. The summed E-state index contributed by atoms with van der Waals surface area (Å²) < 4.78 is 17.7. The third-order valence-electron chi connectivity index (χ3n) is 1.90. The van der Waals surface area contributed by atoms with E-state index in [0.29, 0.717) is 5.56 Å². The maximum absolute atomic E-state index is 13.0. The van der Waals surface area contributed by atoms with Gasteiger partial charge in [-0.2, -0.15) is 0 Å². The highest BCUT2D eigenvalue weighted by Crippen LogP contribution is 2.22. The molecule has 1 rings (SSSR count). The number of carbonyl (C=O) groups is 1. The largest absolute Gasteiger partial charge is 0.466 e. The van der Waals surface area contributed by atoms with Crippen LogP contribution in [0.3, 0.4) is 0 Å². The van der Waals surface area contributed by atoms with Crippen LogP contribution in [0.2, 0.25) is 0 Å². The number of hydrogen-bond donors (Lipinski definition) is 2. The summed E-state index contributed by atoms with van der Waals surface area (Å²) in [4.78, 5) is 11.1. The van der Waals surface area contributed by atoms with Crippen molar-refractivity contribution in [2.45, 2.75) is 13.3 Å². The number of ether oxygens (including phenoxy) is 1. The summed E-state index contributed by atoms with van der Waals surface area (Å²) in [5, 5.41) is 0. The smallest absolute Gasteiger partial charge is 0.310 e. The second-order valence-electron chi connectivity index (χ2n) is 3.05. The van der Waals surface area contributed by atoms with Gasteiger partial charge in [-0.05, 0) is 24.6 Å². The first-order valence-electron chi connectivity index (χ1n) is 4.53. The van der Waals surface area contributed by atoms with Crippen molar-refractivity contribution < 1.29 is 13.9 Å². The number of esters is 1. The topological polar surface area (TPSA) is 78.3 Å². The SMILES string of the molecule is CCOC(=O)Cc1cc(F)cc(N)c1N. The predicted molar refractivity (Wildman–Crippen MR) is 55.6 cm³/mol. The molecule has 1 aromatic carbocycles. The molecule has 0 saturated carbocycles.